The van der Waals surface area contributed by atoms with Crippen LogP contribution in [-0.2, 0) is 0 Å². The Hall–Kier alpha value is -4.51. The van der Waals surface area contributed by atoms with Gasteiger partial charge in [-0.25, -0.2) is 9.97 Å². The number of nitro groups is 1. The van der Waals surface area contributed by atoms with E-state index in [1.807, 2.05) is 60.4 Å². The monoisotopic (exact) mass is 600 g/mol. The van der Waals surface area contributed by atoms with Gasteiger partial charge in [0.1, 0.15) is 11.5 Å². The highest BCUT2D eigenvalue weighted by atomic mass is 79.9. The van der Waals surface area contributed by atoms with E-state index in [9.17, 15) is 14.9 Å². The maximum absolute atomic E-state index is 13.9. The fourth-order valence-corrected chi connectivity index (χ4v) is 5.30. The van der Waals surface area contributed by atoms with Crippen molar-refractivity contribution in [2.75, 3.05) is 31.1 Å². The van der Waals surface area contributed by atoms with Gasteiger partial charge in [0.15, 0.2) is 0 Å². The SMILES string of the molecule is Cc1ccc(/C=C/c2cc(C(=O)N3CCCN(c4nc5ccc([N+](=O)[O-])cc5[nH]4)CC3)c3cc(Br)ccc3n2)o1. The lowest BCUT2D eigenvalue weighted by Crippen LogP contribution is -2.35. The molecular formula is C29H25BrN6O4. The van der Waals surface area contributed by atoms with E-state index in [2.05, 4.69) is 30.8 Å². The Morgan fingerprint density at radius 1 is 1.02 bits per heavy atom. The van der Waals surface area contributed by atoms with E-state index in [-0.39, 0.29) is 11.6 Å². The quantitative estimate of drug-likeness (QED) is 0.188. The zero-order valence-electron chi connectivity index (χ0n) is 21.6. The highest BCUT2D eigenvalue weighted by Crippen LogP contribution is 2.27. The van der Waals surface area contributed by atoms with Gasteiger partial charge >= 0.3 is 0 Å². The average Bonchev–Trinajstić information content (AvgIpc) is 3.48. The average molecular weight is 601 g/mol. The lowest BCUT2D eigenvalue weighted by Gasteiger charge is -2.22. The van der Waals surface area contributed by atoms with Gasteiger partial charge in [0.05, 0.1) is 32.7 Å². The normalized spacial score (nSPS) is 14.3. The zero-order valence-corrected chi connectivity index (χ0v) is 23.2. The van der Waals surface area contributed by atoms with Crippen molar-refractivity contribution < 1.29 is 14.1 Å². The molecule has 1 fully saturated rings. The van der Waals surface area contributed by atoms with Gasteiger partial charge in [0.25, 0.3) is 11.6 Å². The molecule has 4 heterocycles. The van der Waals surface area contributed by atoms with Crippen LogP contribution in [0.1, 0.15) is 34.0 Å². The molecule has 2 aromatic carbocycles. The molecule has 0 aliphatic carbocycles. The number of hydrogen-bond donors (Lipinski definition) is 1. The predicted molar refractivity (Wildman–Crippen MR) is 157 cm³/mol. The van der Waals surface area contributed by atoms with Crippen LogP contribution in [0.25, 0.3) is 34.1 Å². The number of imidazole rings is 1. The number of fused-ring (bicyclic) bond motifs is 2. The van der Waals surface area contributed by atoms with Crippen LogP contribution in [0.5, 0.6) is 0 Å². The van der Waals surface area contributed by atoms with Crippen molar-refractivity contribution in [2.24, 2.45) is 0 Å². The number of aromatic nitrogens is 3. The smallest absolute Gasteiger partial charge is 0.271 e. The predicted octanol–water partition coefficient (Wildman–Crippen LogP) is 6.21. The number of hydrogen-bond acceptors (Lipinski definition) is 7. The largest absolute Gasteiger partial charge is 0.462 e. The number of carbonyl (C=O) groups is 1. The summed E-state index contributed by atoms with van der Waals surface area (Å²) in [4.78, 5) is 41.2. The van der Waals surface area contributed by atoms with E-state index < -0.39 is 4.92 Å². The van der Waals surface area contributed by atoms with E-state index in [0.29, 0.717) is 54.4 Å². The number of aryl methyl sites for hydroxylation is 1. The number of nitrogens with one attached hydrogen (secondary N) is 1. The van der Waals surface area contributed by atoms with E-state index >= 15 is 0 Å². The molecular weight excluding hydrogens is 576 g/mol. The second kappa shape index (κ2) is 10.6. The van der Waals surface area contributed by atoms with Crippen molar-refractivity contribution in [1.82, 2.24) is 19.9 Å². The van der Waals surface area contributed by atoms with Gasteiger partial charge in [-0.15, -0.1) is 0 Å². The highest BCUT2D eigenvalue weighted by Gasteiger charge is 2.24. The summed E-state index contributed by atoms with van der Waals surface area (Å²) in [6, 6.07) is 16.0. The molecule has 0 spiro atoms. The third-order valence-electron chi connectivity index (χ3n) is 6.95. The van der Waals surface area contributed by atoms with Crippen molar-refractivity contribution in [3.05, 3.63) is 92.0 Å². The van der Waals surface area contributed by atoms with Gasteiger partial charge in [0.2, 0.25) is 5.95 Å². The van der Waals surface area contributed by atoms with E-state index in [4.69, 9.17) is 9.40 Å². The number of aromatic amines is 1. The van der Waals surface area contributed by atoms with Gasteiger partial charge in [-0.05, 0) is 68.0 Å². The molecule has 1 amide bonds. The Labute approximate surface area is 237 Å². The summed E-state index contributed by atoms with van der Waals surface area (Å²) in [7, 11) is 0. The van der Waals surface area contributed by atoms with Crippen molar-refractivity contribution in [3.63, 3.8) is 0 Å². The summed E-state index contributed by atoms with van der Waals surface area (Å²) < 4.78 is 6.51. The molecule has 10 nitrogen and oxygen atoms in total. The Bertz CT molecular complexity index is 1790. The summed E-state index contributed by atoms with van der Waals surface area (Å²) >= 11 is 3.53. The number of benzene rings is 2. The van der Waals surface area contributed by atoms with Crippen LogP contribution in [0.4, 0.5) is 11.6 Å². The standard InChI is InChI=1S/C29H25BrN6O4/c1-18-3-7-22(40-18)8-5-20-16-24(23-15-19(30)4-9-25(23)31-20)28(37)34-11-2-12-35(14-13-34)29-32-26-10-6-21(36(38)39)17-27(26)33-29/h3-10,15-17H,2,11-14H2,1H3,(H,32,33)/b8-5+. The maximum atomic E-state index is 13.9. The Balaban J connectivity index is 1.26. The first-order chi connectivity index (χ1) is 19.3. The molecule has 0 bridgehead atoms. The number of nitro benzene ring substituents is 1. The molecule has 5 aromatic rings. The molecule has 0 unspecified atom stereocenters. The third-order valence-corrected chi connectivity index (χ3v) is 7.44. The minimum absolute atomic E-state index is 0.0139. The number of amides is 1. The number of rotatable bonds is 5. The summed E-state index contributed by atoms with van der Waals surface area (Å²) in [5.74, 6) is 2.13. The first-order valence-electron chi connectivity index (χ1n) is 12.9. The lowest BCUT2D eigenvalue weighted by molar-refractivity contribution is -0.384. The highest BCUT2D eigenvalue weighted by molar-refractivity contribution is 9.10. The number of nitrogens with zero attached hydrogens (tertiary/aromatic N) is 5. The second-order valence-corrected chi connectivity index (χ2v) is 10.6. The Morgan fingerprint density at radius 3 is 2.67 bits per heavy atom. The minimum Gasteiger partial charge on any atom is -0.462 e. The van der Waals surface area contributed by atoms with Gasteiger partial charge < -0.3 is 19.2 Å². The number of carbonyl (C=O) groups excluding carboxylic acids is 1. The molecule has 40 heavy (non-hydrogen) atoms. The number of non-ortho nitro benzene ring substituents is 1. The maximum Gasteiger partial charge on any atom is 0.271 e. The Kier molecular flexibility index (Phi) is 6.81. The number of anilines is 1. The second-order valence-electron chi connectivity index (χ2n) is 9.69. The van der Waals surface area contributed by atoms with Crippen LogP contribution in [0.3, 0.4) is 0 Å². The van der Waals surface area contributed by atoms with Gasteiger partial charge in [-0.3, -0.25) is 14.9 Å². The number of pyridine rings is 1. The summed E-state index contributed by atoms with van der Waals surface area (Å²) in [6.07, 6.45) is 4.45. The van der Waals surface area contributed by atoms with Crippen LogP contribution < -0.4 is 4.90 Å². The molecule has 0 atom stereocenters. The van der Waals surface area contributed by atoms with Crippen LogP contribution in [0.15, 0.2) is 63.5 Å². The van der Waals surface area contributed by atoms with Crippen LogP contribution in [0, 0.1) is 17.0 Å². The first-order valence-corrected chi connectivity index (χ1v) is 13.7. The number of furan rings is 1. The van der Waals surface area contributed by atoms with Gasteiger partial charge in [0, 0.05) is 48.2 Å². The molecule has 0 radical (unpaired) electrons. The summed E-state index contributed by atoms with van der Waals surface area (Å²) in [5.41, 5.74) is 3.28. The molecule has 6 rings (SSSR count). The van der Waals surface area contributed by atoms with Crippen LogP contribution >= 0.6 is 15.9 Å². The first kappa shape index (κ1) is 25.8. The number of H-pyrrole nitrogens is 1. The molecule has 202 valence electrons. The van der Waals surface area contributed by atoms with E-state index in [1.54, 1.807) is 6.07 Å². The Morgan fingerprint density at radius 2 is 1.88 bits per heavy atom. The van der Waals surface area contributed by atoms with Crippen LogP contribution in [-0.4, -0.2) is 56.9 Å². The lowest BCUT2D eigenvalue weighted by atomic mass is 10.1. The van der Waals surface area contributed by atoms with Crippen molar-refractivity contribution in [1.29, 1.82) is 0 Å². The van der Waals surface area contributed by atoms with Crippen molar-refractivity contribution in [2.45, 2.75) is 13.3 Å². The van der Waals surface area contributed by atoms with Crippen LogP contribution in [0.2, 0.25) is 0 Å². The molecule has 1 aliphatic rings. The van der Waals surface area contributed by atoms with Gasteiger partial charge in [-0.1, -0.05) is 15.9 Å². The molecule has 11 heteroatoms. The summed E-state index contributed by atoms with van der Waals surface area (Å²) in [5, 5.41) is 11.9. The topological polar surface area (TPSA) is 121 Å². The summed E-state index contributed by atoms with van der Waals surface area (Å²) in [6.45, 7) is 4.26. The third kappa shape index (κ3) is 5.20. The van der Waals surface area contributed by atoms with Crippen molar-refractivity contribution >= 4 is 67.6 Å². The fourth-order valence-electron chi connectivity index (χ4n) is 4.94. The van der Waals surface area contributed by atoms with Crippen molar-refractivity contribution in [3.8, 4) is 0 Å². The minimum atomic E-state index is -0.421. The molecule has 3 aromatic heterocycles. The zero-order chi connectivity index (χ0) is 27.8. The van der Waals surface area contributed by atoms with Gasteiger partial charge in [-0.2, -0.15) is 0 Å². The molecule has 1 N–H and O–H groups in total. The van der Waals surface area contributed by atoms with E-state index in [0.717, 1.165) is 33.3 Å². The molecule has 1 saturated heterocycles. The number of halogens is 1. The molecule has 1 aliphatic heterocycles. The molecule has 0 saturated carbocycles. The van der Waals surface area contributed by atoms with E-state index in [1.165, 1.54) is 12.1 Å². The fraction of sp³-hybridized carbons (Fsp3) is 0.207.